The minimum Gasteiger partial charge on any atom is -0.508 e. The van der Waals surface area contributed by atoms with Crippen LogP contribution in [0.3, 0.4) is 0 Å². The van der Waals surface area contributed by atoms with Crippen molar-refractivity contribution in [2.24, 2.45) is 0 Å². The van der Waals surface area contributed by atoms with Gasteiger partial charge >= 0.3 is 6.18 Å². The van der Waals surface area contributed by atoms with Crippen molar-refractivity contribution < 1.29 is 27.8 Å². The topological polar surface area (TPSA) is 58.6 Å². The second-order valence-electron chi connectivity index (χ2n) is 3.47. The number of amides is 1. The van der Waals surface area contributed by atoms with Gasteiger partial charge in [0.1, 0.15) is 12.4 Å². The zero-order chi connectivity index (χ0) is 13.6. The minimum atomic E-state index is -4.37. The zero-order valence-corrected chi connectivity index (χ0v) is 9.33. The number of hydrogen-bond acceptors (Lipinski definition) is 3. The maximum absolute atomic E-state index is 11.7. The summed E-state index contributed by atoms with van der Waals surface area (Å²) in [7, 11) is 0. The highest BCUT2D eigenvalue weighted by Gasteiger charge is 2.27. The molecule has 0 aliphatic heterocycles. The van der Waals surface area contributed by atoms with Crippen LogP contribution in [0.1, 0.15) is 10.4 Å². The second-order valence-corrected chi connectivity index (χ2v) is 3.47. The number of carbonyl (C=O) groups is 1. The first kappa shape index (κ1) is 14.3. The van der Waals surface area contributed by atoms with Crippen LogP contribution in [0.25, 0.3) is 0 Å². The normalized spacial score (nSPS) is 11.3. The lowest BCUT2D eigenvalue weighted by molar-refractivity contribution is -0.173. The molecule has 0 aliphatic rings. The van der Waals surface area contributed by atoms with Crippen molar-refractivity contribution in [3.63, 3.8) is 0 Å². The van der Waals surface area contributed by atoms with Gasteiger partial charge in [0.2, 0.25) is 0 Å². The molecule has 0 atom stereocenters. The average Bonchev–Trinajstić information content (AvgIpc) is 2.26. The van der Waals surface area contributed by atoms with E-state index in [0.717, 1.165) is 0 Å². The van der Waals surface area contributed by atoms with Gasteiger partial charge in [-0.15, -0.1) is 0 Å². The molecule has 0 saturated carbocycles. The Hall–Kier alpha value is -1.76. The van der Waals surface area contributed by atoms with Crippen LogP contribution in [0.2, 0.25) is 0 Å². The van der Waals surface area contributed by atoms with Gasteiger partial charge in [0.15, 0.2) is 0 Å². The zero-order valence-electron chi connectivity index (χ0n) is 9.33. The predicted octanol–water partition coefficient (Wildman–Crippen LogP) is 1.70. The molecular weight excluding hydrogens is 251 g/mol. The largest absolute Gasteiger partial charge is 0.508 e. The van der Waals surface area contributed by atoms with Crippen LogP contribution in [-0.4, -0.2) is 36.9 Å². The monoisotopic (exact) mass is 263 g/mol. The van der Waals surface area contributed by atoms with Gasteiger partial charge in [-0.1, -0.05) is 6.07 Å². The van der Waals surface area contributed by atoms with Gasteiger partial charge in [0.25, 0.3) is 5.91 Å². The Labute approximate surface area is 101 Å². The third kappa shape index (κ3) is 5.53. The summed E-state index contributed by atoms with van der Waals surface area (Å²) in [5.41, 5.74) is 0.228. The molecule has 4 nitrogen and oxygen atoms in total. The van der Waals surface area contributed by atoms with Crippen molar-refractivity contribution in [1.82, 2.24) is 5.32 Å². The summed E-state index contributed by atoms with van der Waals surface area (Å²) in [6.07, 6.45) is -4.37. The molecule has 0 unspecified atom stereocenters. The highest BCUT2D eigenvalue weighted by Crippen LogP contribution is 2.14. The molecule has 18 heavy (non-hydrogen) atoms. The van der Waals surface area contributed by atoms with Crippen molar-refractivity contribution >= 4 is 5.91 Å². The lowest BCUT2D eigenvalue weighted by Gasteiger charge is -2.08. The van der Waals surface area contributed by atoms with Gasteiger partial charge in [-0.05, 0) is 18.2 Å². The SMILES string of the molecule is O=C(NCCOCC(F)(F)F)c1cccc(O)c1. The molecule has 0 radical (unpaired) electrons. The van der Waals surface area contributed by atoms with E-state index in [1.165, 1.54) is 24.3 Å². The van der Waals surface area contributed by atoms with E-state index in [1.54, 1.807) is 0 Å². The fraction of sp³-hybridized carbons (Fsp3) is 0.364. The van der Waals surface area contributed by atoms with E-state index in [2.05, 4.69) is 10.1 Å². The van der Waals surface area contributed by atoms with E-state index in [9.17, 15) is 18.0 Å². The van der Waals surface area contributed by atoms with Crippen molar-refractivity contribution in [1.29, 1.82) is 0 Å². The maximum atomic E-state index is 11.7. The Bertz CT molecular complexity index is 407. The van der Waals surface area contributed by atoms with Gasteiger partial charge in [0, 0.05) is 12.1 Å². The standard InChI is InChI=1S/C11H12F3NO3/c12-11(13,14)7-18-5-4-15-10(17)8-2-1-3-9(16)6-8/h1-3,6,16H,4-5,7H2,(H,15,17). The highest BCUT2D eigenvalue weighted by atomic mass is 19.4. The number of ether oxygens (including phenoxy) is 1. The Balaban J connectivity index is 2.26. The van der Waals surface area contributed by atoms with Crippen molar-refractivity contribution in [2.75, 3.05) is 19.8 Å². The fourth-order valence-electron chi connectivity index (χ4n) is 1.17. The maximum Gasteiger partial charge on any atom is 0.411 e. The number of carbonyl (C=O) groups excluding carboxylic acids is 1. The summed E-state index contributed by atoms with van der Waals surface area (Å²) >= 11 is 0. The third-order valence-electron chi connectivity index (χ3n) is 1.91. The molecule has 7 heteroatoms. The first-order chi connectivity index (χ1) is 8.38. The van der Waals surface area contributed by atoms with Crippen LogP contribution in [0.5, 0.6) is 5.75 Å². The van der Waals surface area contributed by atoms with Gasteiger partial charge in [0.05, 0.1) is 6.61 Å². The van der Waals surface area contributed by atoms with E-state index < -0.39 is 18.7 Å². The van der Waals surface area contributed by atoms with Crippen molar-refractivity contribution in [2.45, 2.75) is 6.18 Å². The molecule has 1 rings (SSSR count). The van der Waals surface area contributed by atoms with Crippen LogP contribution < -0.4 is 5.32 Å². The molecule has 0 aromatic heterocycles. The third-order valence-corrected chi connectivity index (χ3v) is 1.91. The second kappa shape index (κ2) is 6.25. The number of phenols is 1. The molecule has 1 aromatic carbocycles. The number of halogens is 3. The summed E-state index contributed by atoms with van der Waals surface area (Å²) in [6.45, 7) is -1.61. The minimum absolute atomic E-state index is 0.0371. The Morgan fingerprint density at radius 2 is 2.11 bits per heavy atom. The number of nitrogens with one attached hydrogen (secondary N) is 1. The van der Waals surface area contributed by atoms with Gasteiger partial charge in [-0.25, -0.2) is 0 Å². The molecule has 100 valence electrons. The summed E-state index contributed by atoms with van der Waals surface area (Å²) in [5.74, 6) is -0.544. The average molecular weight is 263 g/mol. The molecule has 0 aliphatic carbocycles. The fourth-order valence-corrected chi connectivity index (χ4v) is 1.17. The van der Waals surface area contributed by atoms with E-state index in [4.69, 9.17) is 5.11 Å². The lowest BCUT2D eigenvalue weighted by Crippen LogP contribution is -2.28. The van der Waals surface area contributed by atoms with E-state index in [1.807, 2.05) is 0 Å². The highest BCUT2D eigenvalue weighted by molar-refractivity contribution is 5.94. The smallest absolute Gasteiger partial charge is 0.411 e. The molecule has 0 saturated heterocycles. The van der Waals surface area contributed by atoms with Crippen LogP contribution in [-0.2, 0) is 4.74 Å². The Morgan fingerprint density at radius 3 is 2.72 bits per heavy atom. The first-order valence-corrected chi connectivity index (χ1v) is 5.10. The molecule has 0 bridgehead atoms. The molecule has 2 N–H and O–H groups in total. The summed E-state index contributed by atoms with van der Waals surface area (Å²) in [5, 5.41) is 11.5. The Kier molecular flexibility index (Phi) is 4.96. The number of phenolic OH excluding ortho intramolecular Hbond substituents is 1. The molecule has 1 amide bonds. The molecule has 0 fully saturated rings. The number of benzene rings is 1. The van der Waals surface area contributed by atoms with E-state index in [-0.39, 0.29) is 24.5 Å². The van der Waals surface area contributed by atoms with E-state index >= 15 is 0 Å². The summed E-state index contributed by atoms with van der Waals surface area (Å²) in [6, 6.07) is 5.63. The van der Waals surface area contributed by atoms with Crippen LogP contribution in [0.4, 0.5) is 13.2 Å². The van der Waals surface area contributed by atoms with Crippen LogP contribution in [0, 0.1) is 0 Å². The molecule has 0 heterocycles. The first-order valence-electron chi connectivity index (χ1n) is 5.10. The van der Waals surface area contributed by atoms with E-state index in [0.29, 0.717) is 0 Å². The van der Waals surface area contributed by atoms with Crippen LogP contribution in [0.15, 0.2) is 24.3 Å². The van der Waals surface area contributed by atoms with Gasteiger partial charge < -0.3 is 15.2 Å². The quantitative estimate of drug-likeness (QED) is 0.795. The van der Waals surface area contributed by atoms with Crippen molar-refractivity contribution in [3.8, 4) is 5.75 Å². The molecule has 0 spiro atoms. The lowest BCUT2D eigenvalue weighted by atomic mass is 10.2. The number of alkyl halides is 3. The van der Waals surface area contributed by atoms with Crippen molar-refractivity contribution in [3.05, 3.63) is 29.8 Å². The van der Waals surface area contributed by atoms with Gasteiger partial charge in [-0.3, -0.25) is 4.79 Å². The van der Waals surface area contributed by atoms with Gasteiger partial charge in [-0.2, -0.15) is 13.2 Å². The van der Waals surface area contributed by atoms with Crippen LogP contribution >= 0.6 is 0 Å². The molecular formula is C11H12F3NO3. The molecule has 1 aromatic rings. The summed E-state index contributed by atoms with van der Waals surface area (Å²) < 4.78 is 39.5. The predicted molar refractivity (Wildman–Crippen MR) is 57.3 cm³/mol. The number of hydrogen-bond donors (Lipinski definition) is 2. The summed E-state index contributed by atoms with van der Waals surface area (Å²) in [4.78, 5) is 11.5. The Morgan fingerprint density at radius 1 is 1.39 bits per heavy atom. The number of rotatable bonds is 5. The number of aromatic hydroxyl groups is 1.